The van der Waals surface area contributed by atoms with Gasteiger partial charge in [0.15, 0.2) is 0 Å². The first-order valence-corrected chi connectivity index (χ1v) is 6.23. The van der Waals surface area contributed by atoms with Gasteiger partial charge in [0.25, 0.3) is 0 Å². The maximum atomic E-state index is 13.8. The number of rotatable bonds is 5. The van der Waals surface area contributed by atoms with Crippen LogP contribution in [0.1, 0.15) is 12.5 Å². The number of nitrogens with zero attached hydrogens (tertiary/aromatic N) is 2. The van der Waals surface area contributed by atoms with E-state index in [1.165, 1.54) is 19.1 Å². The van der Waals surface area contributed by atoms with Gasteiger partial charge in [-0.3, -0.25) is 0 Å². The van der Waals surface area contributed by atoms with Gasteiger partial charge in [0.2, 0.25) is 5.95 Å². The Morgan fingerprint density at radius 2 is 1.86 bits per heavy atom. The van der Waals surface area contributed by atoms with Gasteiger partial charge in [-0.2, -0.15) is 8.78 Å². The number of hydrogen-bond donors (Lipinski definition) is 1. The quantitative estimate of drug-likeness (QED) is 0.859. The Kier molecular flexibility index (Phi) is 4.42. The molecular weight excluding hydrogens is 280 g/mol. The molecule has 0 spiro atoms. The molecule has 0 aliphatic rings. The lowest BCUT2D eigenvalue weighted by Crippen LogP contribution is -2.28. The Bertz CT molecular complexity index is 603. The van der Waals surface area contributed by atoms with Gasteiger partial charge in [-0.25, -0.2) is 14.8 Å². The van der Waals surface area contributed by atoms with Gasteiger partial charge in [-0.1, -0.05) is 12.1 Å². The molecule has 0 atom stereocenters. The van der Waals surface area contributed by atoms with E-state index in [0.29, 0.717) is 11.6 Å². The van der Waals surface area contributed by atoms with Crippen molar-refractivity contribution >= 4 is 17.6 Å². The maximum Gasteiger partial charge on any atom is 0.381 e. The van der Waals surface area contributed by atoms with E-state index in [2.05, 4.69) is 20.0 Å². The summed E-state index contributed by atoms with van der Waals surface area (Å²) in [6, 6.07) is 6.80. The largest absolute Gasteiger partial charge is 0.461 e. The normalized spacial score (nSPS) is 11.0. The summed E-state index contributed by atoms with van der Waals surface area (Å²) in [5, 5.41) is 2.85. The van der Waals surface area contributed by atoms with Crippen LogP contribution in [0.5, 0.6) is 0 Å². The number of benzene rings is 1. The van der Waals surface area contributed by atoms with Crippen LogP contribution < -0.4 is 5.32 Å². The van der Waals surface area contributed by atoms with Crippen LogP contribution in [-0.2, 0) is 15.5 Å². The van der Waals surface area contributed by atoms with E-state index in [1.54, 1.807) is 18.5 Å². The Hall–Kier alpha value is -2.57. The predicted octanol–water partition coefficient (Wildman–Crippen LogP) is 2.88. The van der Waals surface area contributed by atoms with Crippen molar-refractivity contribution in [3.63, 3.8) is 0 Å². The molecule has 0 aliphatic carbocycles. The molecule has 0 unspecified atom stereocenters. The van der Waals surface area contributed by atoms with Crippen LogP contribution >= 0.6 is 0 Å². The zero-order valence-electron chi connectivity index (χ0n) is 11.2. The molecule has 1 aromatic carbocycles. The van der Waals surface area contributed by atoms with Gasteiger partial charge >= 0.3 is 11.9 Å². The van der Waals surface area contributed by atoms with Gasteiger partial charge in [-0.15, -0.1) is 0 Å². The molecule has 21 heavy (non-hydrogen) atoms. The fourth-order valence-electron chi connectivity index (χ4n) is 1.60. The molecule has 0 bridgehead atoms. The number of carbonyl (C=O) groups excluding carboxylic acids is 1. The number of ether oxygens (including phenoxy) is 1. The summed E-state index contributed by atoms with van der Waals surface area (Å²) in [7, 11) is 0. The van der Waals surface area contributed by atoms with E-state index >= 15 is 0 Å². The molecule has 110 valence electrons. The molecule has 1 aromatic heterocycles. The molecular formula is C14H13F2N3O2. The second-order valence-electron chi connectivity index (χ2n) is 4.07. The molecule has 7 heteroatoms. The van der Waals surface area contributed by atoms with E-state index in [0.717, 1.165) is 12.1 Å². The first-order valence-electron chi connectivity index (χ1n) is 6.23. The fraction of sp³-hybridized carbons (Fsp3) is 0.214. The summed E-state index contributed by atoms with van der Waals surface area (Å²) in [5.41, 5.74) is 0.102. The van der Waals surface area contributed by atoms with Crippen molar-refractivity contribution < 1.29 is 18.3 Å². The third-order valence-corrected chi connectivity index (χ3v) is 2.60. The standard InChI is InChI=1S/C14H13F2N3O2/c1-2-21-12(20)14(15,16)10-4-6-11(7-5-10)19-13-17-8-3-9-18-13/h3-9H,2H2,1H3,(H,17,18,19). The Morgan fingerprint density at radius 3 is 2.43 bits per heavy atom. The number of hydrogen-bond acceptors (Lipinski definition) is 5. The predicted molar refractivity (Wildman–Crippen MR) is 72.3 cm³/mol. The highest BCUT2D eigenvalue weighted by Crippen LogP contribution is 2.30. The summed E-state index contributed by atoms with van der Waals surface area (Å²) in [5.74, 6) is -4.88. The first-order chi connectivity index (χ1) is 10.0. The number of halogens is 2. The lowest BCUT2D eigenvalue weighted by atomic mass is 10.1. The third kappa shape index (κ3) is 3.50. The molecule has 1 heterocycles. The van der Waals surface area contributed by atoms with Crippen molar-refractivity contribution in [2.45, 2.75) is 12.8 Å². The lowest BCUT2D eigenvalue weighted by molar-refractivity contribution is -0.173. The molecule has 5 nitrogen and oxygen atoms in total. The summed E-state index contributed by atoms with van der Waals surface area (Å²) in [6.07, 6.45) is 3.11. The van der Waals surface area contributed by atoms with E-state index in [4.69, 9.17) is 0 Å². The second kappa shape index (κ2) is 6.25. The van der Waals surface area contributed by atoms with Crippen LogP contribution in [0.4, 0.5) is 20.4 Å². The minimum absolute atomic E-state index is 0.0978. The second-order valence-corrected chi connectivity index (χ2v) is 4.07. The Morgan fingerprint density at radius 1 is 1.24 bits per heavy atom. The number of esters is 1. The highest BCUT2D eigenvalue weighted by molar-refractivity contribution is 5.79. The number of aromatic nitrogens is 2. The maximum absolute atomic E-state index is 13.8. The zero-order valence-corrected chi connectivity index (χ0v) is 11.2. The minimum atomic E-state index is -3.67. The highest BCUT2D eigenvalue weighted by atomic mass is 19.3. The third-order valence-electron chi connectivity index (χ3n) is 2.60. The molecule has 0 radical (unpaired) electrons. The van der Waals surface area contributed by atoms with Crippen LogP contribution in [0.3, 0.4) is 0 Å². The SMILES string of the molecule is CCOC(=O)C(F)(F)c1ccc(Nc2ncccn2)cc1. The van der Waals surface area contributed by atoms with Crippen molar-refractivity contribution in [1.82, 2.24) is 9.97 Å². The van der Waals surface area contributed by atoms with Gasteiger partial charge in [0.05, 0.1) is 6.61 Å². The van der Waals surface area contributed by atoms with Gasteiger partial charge in [0.1, 0.15) is 0 Å². The van der Waals surface area contributed by atoms with Crippen molar-refractivity contribution in [2.24, 2.45) is 0 Å². The van der Waals surface area contributed by atoms with Crippen LogP contribution in [-0.4, -0.2) is 22.5 Å². The fourth-order valence-corrected chi connectivity index (χ4v) is 1.60. The number of anilines is 2. The van der Waals surface area contributed by atoms with Crippen molar-refractivity contribution in [2.75, 3.05) is 11.9 Å². The van der Waals surface area contributed by atoms with E-state index < -0.39 is 17.5 Å². The number of nitrogens with one attached hydrogen (secondary N) is 1. The minimum Gasteiger partial charge on any atom is -0.461 e. The topological polar surface area (TPSA) is 64.1 Å². The molecule has 0 saturated carbocycles. The van der Waals surface area contributed by atoms with Crippen molar-refractivity contribution in [1.29, 1.82) is 0 Å². The monoisotopic (exact) mass is 293 g/mol. The Labute approximate surface area is 120 Å². The van der Waals surface area contributed by atoms with E-state index in [1.807, 2.05) is 0 Å². The zero-order chi connectivity index (χ0) is 15.3. The molecule has 0 fully saturated rings. The molecule has 0 saturated heterocycles. The summed E-state index contributed by atoms with van der Waals surface area (Å²) >= 11 is 0. The van der Waals surface area contributed by atoms with Crippen LogP contribution in [0.2, 0.25) is 0 Å². The summed E-state index contributed by atoms with van der Waals surface area (Å²) in [6.45, 7) is 1.38. The lowest BCUT2D eigenvalue weighted by Gasteiger charge is -2.15. The van der Waals surface area contributed by atoms with Crippen LogP contribution in [0.25, 0.3) is 0 Å². The van der Waals surface area contributed by atoms with Crippen LogP contribution in [0.15, 0.2) is 42.7 Å². The highest BCUT2D eigenvalue weighted by Gasteiger charge is 2.42. The average Bonchev–Trinajstić information content (AvgIpc) is 2.49. The number of alkyl halides is 2. The van der Waals surface area contributed by atoms with E-state index in [-0.39, 0.29) is 6.61 Å². The Balaban J connectivity index is 2.13. The summed E-state index contributed by atoms with van der Waals surface area (Å²) in [4.78, 5) is 19.1. The van der Waals surface area contributed by atoms with Crippen molar-refractivity contribution in [3.8, 4) is 0 Å². The molecule has 0 aliphatic heterocycles. The van der Waals surface area contributed by atoms with Gasteiger partial charge in [-0.05, 0) is 25.1 Å². The molecule has 2 rings (SSSR count). The van der Waals surface area contributed by atoms with Gasteiger partial charge < -0.3 is 10.1 Å². The number of carbonyl (C=O) groups is 1. The van der Waals surface area contributed by atoms with E-state index in [9.17, 15) is 13.6 Å². The summed E-state index contributed by atoms with van der Waals surface area (Å²) < 4.78 is 31.9. The average molecular weight is 293 g/mol. The first kappa shape index (κ1) is 14.8. The van der Waals surface area contributed by atoms with Crippen LogP contribution in [0, 0.1) is 0 Å². The molecule has 2 aromatic rings. The smallest absolute Gasteiger partial charge is 0.381 e. The van der Waals surface area contributed by atoms with Gasteiger partial charge in [0, 0.05) is 23.6 Å². The molecule has 1 N–H and O–H groups in total. The molecule has 0 amide bonds. The van der Waals surface area contributed by atoms with Crippen molar-refractivity contribution in [3.05, 3.63) is 48.3 Å².